The molecule has 0 aliphatic rings. The Balaban J connectivity index is 1.60. The standard InChI is InChI=1S/C25H20ClN3O2/c26-21-13-7-8-14-23(21)30-18-24-28-22(15-27)25(31-24)29(16-19-9-3-1-4-10-19)17-20-11-5-2-6-12-20/h1-14H,16-18H2. The zero-order valence-electron chi connectivity index (χ0n) is 16.7. The average Bonchev–Trinajstić information content (AvgIpc) is 3.23. The lowest BCUT2D eigenvalue weighted by Gasteiger charge is -2.22. The van der Waals surface area contributed by atoms with Crippen LogP contribution < -0.4 is 9.64 Å². The van der Waals surface area contributed by atoms with E-state index in [9.17, 15) is 5.26 Å². The highest BCUT2D eigenvalue weighted by atomic mass is 35.5. The number of hydrogen-bond acceptors (Lipinski definition) is 5. The third-order valence-corrected chi connectivity index (χ3v) is 4.98. The Morgan fingerprint density at radius 1 is 0.871 bits per heavy atom. The van der Waals surface area contributed by atoms with Gasteiger partial charge in [0, 0.05) is 13.1 Å². The summed E-state index contributed by atoms with van der Waals surface area (Å²) in [5, 5.41) is 10.2. The highest BCUT2D eigenvalue weighted by Crippen LogP contribution is 2.28. The van der Waals surface area contributed by atoms with Crippen molar-refractivity contribution in [2.24, 2.45) is 0 Å². The van der Waals surface area contributed by atoms with Gasteiger partial charge in [-0.05, 0) is 23.3 Å². The summed E-state index contributed by atoms with van der Waals surface area (Å²) in [6.07, 6.45) is 0. The summed E-state index contributed by atoms with van der Waals surface area (Å²) >= 11 is 6.15. The van der Waals surface area contributed by atoms with Gasteiger partial charge in [0.05, 0.1) is 5.02 Å². The third kappa shape index (κ3) is 5.25. The van der Waals surface area contributed by atoms with Gasteiger partial charge in [0.25, 0.3) is 0 Å². The van der Waals surface area contributed by atoms with E-state index in [4.69, 9.17) is 20.8 Å². The maximum Gasteiger partial charge on any atom is 0.236 e. The molecule has 0 radical (unpaired) electrons. The Bertz CT molecular complexity index is 1130. The van der Waals surface area contributed by atoms with Gasteiger partial charge in [-0.2, -0.15) is 10.2 Å². The lowest BCUT2D eigenvalue weighted by molar-refractivity contribution is 0.263. The quantitative estimate of drug-likeness (QED) is 0.344. The smallest absolute Gasteiger partial charge is 0.236 e. The lowest BCUT2D eigenvalue weighted by Crippen LogP contribution is -2.22. The van der Waals surface area contributed by atoms with E-state index < -0.39 is 0 Å². The summed E-state index contributed by atoms with van der Waals surface area (Å²) in [4.78, 5) is 6.35. The first-order chi connectivity index (χ1) is 15.2. The fraction of sp³-hybridized carbons (Fsp3) is 0.120. The van der Waals surface area contributed by atoms with Crippen molar-refractivity contribution in [3.8, 4) is 11.8 Å². The molecule has 31 heavy (non-hydrogen) atoms. The molecule has 0 fully saturated rings. The SMILES string of the molecule is N#Cc1nc(COc2ccccc2Cl)oc1N(Cc1ccccc1)Cc1ccccc1. The van der Waals surface area contributed by atoms with Gasteiger partial charge in [0.2, 0.25) is 17.5 Å². The molecule has 6 heteroatoms. The Kier molecular flexibility index (Phi) is 6.51. The number of aromatic nitrogens is 1. The first-order valence-corrected chi connectivity index (χ1v) is 10.2. The van der Waals surface area contributed by atoms with E-state index in [2.05, 4.69) is 11.1 Å². The van der Waals surface area contributed by atoms with Crippen LogP contribution in [0.3, 0.4) is 0 Å². The molecule has 5 nitrogen and oxygen atoms in total. The largest absolute Gasteiger partial charge is 0.482 e. The normalized spacial score (nSPS) is 10.5. The molecule has 0 saturated heterocycles. The summed E-state index contributed by atoms with van der Waals surface area (Å²) in [6, 6.07) is 29.4. The number of nitrogens with zero attached hydrogens (tertiary/aromatic N) is 3. The minimum absolute atomic E-state index is 0.0723. The number of para-hydroxylation sites is 1. The monoisotopic (exact) mass is 429 g/mol. The molecule has 0 saturated carbocycles. The number of anilines is 1. The zero-order valence-corrected chi connectivity index (χ0v) is 17.5. The highest BCUT2D eigenvalue weighted by molar-refractivity contribution is 6.32. The lowest BCUT2D eigenvalue weighted by atomic mass is 10.1. The Labute approximate surface area is 186 Å². The van der Waals surface area contributed by atoms with Crippen LogP contribution in [0.5, 0.6) is 5.75 Å². The molecule has 4 aromatic rings. The molecule has 1 aromatic heterocycles. The molecule has 0 atom stereocenters. The molecule has 0 aliphatic carbocycles. The molecule has 4 rings (SSSR count). The van der Waals surface area contributed by atoms with E-state index in [1.54, 1.807) is 12.1 Å². The molecule has 0 N–H and O–H groups in total. The predicted octanol–water partition coefficient (Wildman–Crippen LogP) is 5.99. The van der Waals surface area contributed by atoms with Crippen molar-refractivity contribution >= 4 is 17.5 Å². The molecule has 0 spiro atoms. The number of benzene rings is 3. The van der Waals surface area contributed by atoms with Gasteiger partial charge in [-0.1, -0.05) is 84.4 Å². The van der Waals surface area contributed by atoms with Crippen molar-refractivity contribution in [2.45, 2.75) is 19.7 Å². The van der Waals surface area contributed by atoms with E-state index >= 15 is 0 Å². The van der Waals surface area contributed by atoms with Crippen LogP contribution in [0.2, 0.25) is 5.02 Å². The minimum atomic E-state index is 0.0723. The van der Waals surface area contributed by atoms with E-state index in [0.29, 0.717) is 35.6 Å². The Morgan fingerprint density at radius 3 is 2.03 bits per heavy atom. The number of oxazole rings is 1. The molecule has 0 amide bonds. The van der Waals surface area contributed by atoms with Crippen molar-refractivity contribution < 1.29 is 9.15 Å². The Morgan fingerprint density at radius 2 is 1.45 bits per heavy atom. The summed E-state index contributed by atoms with van der Waals surface area (Å²) in [5.74, 6) is 1.28. The van der Waals surface area contributed by atoms with Crippen molar-refractivity contribution in [3.05, 3.63) is 113 Å². The van der Waals surface area contributed by atoms with Crippen molar-refractivity contribution in [1.29, 1.82) is 5.26 Å². The van der Waals surface area contributed by atoms with Crippen molar-refractivity contribution in [1.82, 2.24) is 4.98 Å². The molecular weight excluding hydrogens is 410 g/mol. The number of halogens is 1. The van der Waals surface area contributed by atoms with E-state index in [-0.39, 0.29) is 12.3 Å². The second-order valence-electron chi connectivity index (χ2n) is 6.92. The van der Waals surface area contributed by atoms with Gasteiger partial charge in [-0.25, -0.2) is 0 Å². The van der Waals surface area contributed by atoms with Crippen LogP contribution in [-0.4, -0.2) is 4.98 Å². The molecule has 0 bridgehead atoms. The van der Waals surface area contributed by atoms with Gasteiger partial charge in [-0.3, -0.25) is 0 Å². The van der Waals surface area contributed by atoms with E-state index in [1.807, 2.05) is 77.7 Å². The van der Waals surface area contributed by atoms with E-state index in [1.165, 1.54) is 0 Å². The maximum absolute atomic E-state index is 9.68. The molecule has 1 heterocycles. The molecule has 0 unspecified atom stereocenters. The third-order valence-electron chi connectivity index (χ3n) is 4.67. The number of rotatable bonds is 8. The molecule has 154 valence electrons. The average molecular weight is 430 g/mol. The van der Waals surface area contributed by atoms with Crippen molar-refractivity contribution in [3.63, 3.8) is 0 Å². The first kappa shape index (κ1) is 20.5. The van der Waals surface area contributed by atoms with Crippen LogP contribution in [0, 0.1) is 11.3 Å². The van der Waals surface area contributed by atoms with Crippen molar-refractivity contribution in [2.75, 3.05) is 4.90 Å². The van der Waals surface area contributed by atoms with Crippen LogP contribution in [0.1, 0.15) is 22.7 Å². The maximum atomic E-state index is 9.68. The second-order valence-corrected chi connectivity index (χ2v) is 7.33. The van der Waals surface area contributed by atoms with Crippen LogP contribution in [0.25, 0.3) is 0 Å². The highest BCUT2D eigenvalue weighted by Gasteiger charge is 2.21. The summed E-state index contributed by atoms with van der Waals surface area (Å²) < 4.78 is 11.7. The van der Waals surface area contributed by atoms with Crippen LogP contribution in [0.15, 0.2) is 89.3 Å². The molecule has 0 aliphatic heterocycles. The first-order valence-electron chi connectivity index (χ1n) is 9.83. The topological polar surface area (TPSA) is 62.3 Å². The van der Waals surface area contributed by atoms with E-state index in [0.717, 1.165) is 11.1 Å². The number of hydrogen-bond donors (Lipinski definition) is 0. The van der Waals surface area contributed by atoms with Crippen LogP contribution in [0.4, 0.5) is 5.88 Å². The fourth-order valence-electron chi connectivity index (χ4n) is 3.21. The molecule has 3 aromatic carbocycles. The molecular formula is C25H20ClN3O2. The summed E-state index contributed by atoms with van der Waals surface area (Å²) in [7, 11) is 0. The van der Waals surface area contributed by atoms with Crippen LogP contribution >= 0.6 is 11.6 Å². The van der Waals surface area contributed by atoms with Gasteiger partial charge in [0.15, 0.2) is 6.61 Å². The fourth-order valence-corrected chi connectivity index (χ4v) is 3.40. The second kappa shape index (κ2) is 9.84. The van der Waals surface area contributed by atoms with Gasteiger partial charge in [0.1, 0.15) is 11.8 Å². The predicted molar refractivity (Wildman–Crippen MR) is 120 cm³/mol. The number of nitriles is 1. The zero-order chi connectivity index (χ0) is 21.5. The van der Waals surface area contributed by atoms with Gasteiger partial charge < -0.3 is 14.1 Å². The number of ether oxygens (including phenoxy) is 1. The van der Waals surface area contributed by atoms with Crippen LogP contribution in [-0.2, 0) is 19.7 Å². The Hall–Kier alpha value is -3.75. The minimum Gasteiger partial charge on any atom is -0.482 e. The summed E-state index contributed by atoms with van der Waals surface area (Å²) in [6.45, 7) is 1.22. The van der Waals surface area contributed by atoms with Gasteiger partial charge in [-0.15, -0.1) is 0 Å². The summed E-state index contributed by atoms with van der Waals surface area (Å²) in [5.41, 5.74) is 2.43. The van der Waals surface area contributed by atoms with Gasteiger partial charge >= 0.3 is 0 Å².